The monoisotopic (exact) mass is 336 g/mol. The molecule has 0 saturated heterocycles. The van der Waals surface area contributed by atoms with E-state index in [0.717, 1.165) is 28.6 Å². The molecule has 1 aliphatic rings. The van der Waals surface area contributed by atoms with Gasteiger partial charge in [0.05, 0.1) is 12.2 Å². The van der Waals surface area contributed by atoms with Gasteiger partial charge in [-0.05, 0) is 36.8 Å². The van der Waals surface area contributed by atoms with Crippen molar-refractivity contribution in [3.63, 3.8) is 0 Å². The molecule has 128 valence electrons. The summed E-state index contributed by atoms with van der Waals surface area (Å²) >= 11 is 0. The quantitative estimate of drug-likeness (QED) is 0.776. The lowest BCUT2D eigenvalue weighted by Gasteiger charge is -2.20. The number of ether oxygens (including phenoxy) is 2. The van der Waals surface area contributed by atoms with Crippen LogP contribution in [0.1, 0.15) is 24.4 Å². The van der Waals surface area contributed by atoms with E-state index < -0.39 is 0 Å². The van der Waals surface area contributed by atoms with Crippen molar-refractivity contribution in [2.45, 2.75) is 19.5 Å². The minimum absolute atomic E-state index is 0.152. The van der Waals surface area contributed by atoms with Gasteiger partial charge in [0, 0.05) is 6.04 Å². The minimum atomic E-state index is 0.152. The zero-order valence-corrected chi connectivity index (χ0v) is 14.1. The highest BCUT2D eigenvalue weighted by molar-refractivity contribution is 5.44. The maximum Gasteiger partial charge on any atom is 0.164 e. The highest BCUT2D eigenvalue weighted by atomic mass is 16.6. The summed E-state index contributed by atoms with van der Waals surface area (Å²) in [6.07, 6.45) is 1.74. The Hall–Kier alpha value is -2.86. The predicted octanol–water partition coefficient (Wildman–Crippen LogP) is 2.89. The molecule has 3 aromatic rings. The molecule has 0 fully saturated rings. The molecule has 6 nitrogen and oxygen atoms in total. The van der Waals surface area contributed by atoms with Crippen molar-refractivity contribution < 1.29 is 9.47 Å². The summed E-state index contributed by atoms with van der Waals surface area (Å²) in [5.41, 5.74) is 2.15. The first-order chi connectivity index (χ1) is 12.3. The normalized spacial score (nSPS) is 14.3. The average molecular weight is 336 g/mol. The average Bonchev–Trinajstić information content (AvgIpc) is 3.15. The van der Waals surface area contributed by atoms with E-state index in [9.17, 15) is 0 Å². The second-order valence-corrected chi connectivity index (χ2v) is 5.95. The molecule has 0 spiro atoms. The first-order valence-corrected chi connectivity index (χ1v) is 8.38. The second-order valence-electron chi connectivity index (χ2n) is 5.95. The van der Waals surface area contributed by atoms with E-state index in [1.54, 1.807) is 11.0 Å². The number of hydrogen-bond donors (Lipinski definition) is 1. The van der Waals surface area contributed by atoms with Crippen molar-refractivity contribution in [3.8, 4) is 17.2 Å². The van der Waals surface area contributed by atoms with E-state index in [1.165, 1.54) is 0 Å². The van der Waals surface area contributed by atoms with Crippen LogP contribution >= 0.6 is 0 Å². The zero-order valence-electron chi connectivity index (χ0n) is 14.1. The summed E-state index contributed by atoms with van der Waals surface area (Å²) in [7, 11) is 0. The topological polar surface area (TPSA) is 61.2 Å². The number of para-hydroxylation sites is 1. The van der Waals surface area contributed by atoms with Crippen LogP contribution in [0.3, 0.4) is 0 Å². The number of nitrogens with zero attached hydrogens (tertiary/aromatic N) is 3. The lowest BCUT2D eigenvalue weighted by atomic mass is 10.1. The molecule has 1 aliphatic heterocycles. The third-order valence-electron chi connectivity index (χ3n) is 4.19. The first kappa shape index (κ1) is 15.7. The van der Waals surface area contributed by atoms with Crippen LogP contribution < -0.4 is 14.8 Å². The lowest BCUT2D eigenvalue weighted by Crippen LogP contribution is -2.20. The van der Waals surface area contributed by atoms with Gasteiger partial charge < -0.3 is 14.8 Å². The second kappa shape index (κ2) is 6.94. The van der Waals surface area contributed by atoms with Gasteiger partial charge in [-0.15, -0.1) is 5.10 Å². The van der Waals surface area contributed by atoms with Gasteiger partial charge in [0.2, 0.25) is 0 Å². The van der Waals surface area contributed by atoms with Crippen LogP contribution in [-0.2, 0) is 6.54 Å². The van der Waals surface area contributed by atoms with Gasteiger partial charge in [-0.2, -0.15) is 0 Å². The van der Waals surface area contributed by atoms with Gasteiger partial charge >= 0.3 is 0 Å². The van der Waals surface area contributed by atoms with Crippen molar-refractivity contribution in [1.29, 1.82) is 0 Å². The van der Waals surface area contributed by atoms with Crippen molar-refractivity contribution in [1.82, 2.24) is 20.1 Å². The van der Waals surface area contributed by atoms with Crippen LogP contribution in [-0.4, -0.2) is 28.0 Å². The van der Waals surface area contributed by atoms with Gasteiger partial charge in [-0.1, -0.05) is 24.3 Å². The Balaban J connectivity index is 1.40. The molecule has 0 amide bonds. The molecule has 2 heterocycles. The predicted molar refractivity (Wildman–Crippen MR) is 94.0 cm³/mol. The van der Waals surface area contributed by atoms with Crippen LogP contribution in [0.5, 0.6) is 11.5 Å². The maximum absolute atomic E-state index is 5.65. The van der Waals surface area contributed by atoms with Crippen molar-refractivity contribution >= 4 is 0 Å². The fourth-order valence-corrected chi connectivity index (χ4v) is 2.77. The summed E-state index contributed by atoms with van der Waals surface area (Å²) in [4.78, 5) is 4.37. The van der Waals surface area contributed by atoms with Crippen LogP contribution in [0, 0.1) is 0 Å². The smallest absolute Gasteiger partial charge is 0.164 e. The molecule has 0 saturated carbocycles. The number of rotatable bonds is 5. The molecule has 4 rings (SSSR count). The molecule has 6 heteroatoms. The number of nitrogens with one attached hydrogen (secondary N) is 1. The van der Waals surface area contributed by atoms with Crippen molar-refractivity contribution in [2.24, 2.45) is 0 Å². The van der Waals surface area contributed by atoms with Gasteiger partial charge in [-0.25, -0.2) is 9.67 Å². The summed E-state index contributed by atoms with van der Waals surface area (Å²) < 4.78 is 13.0. The molecule has 2 aromatic carbocycles. The van der Waals surface area contributed by atoms with Crippen LogP contribution in [0.15, 0.2) is 54.9 Å². The third-order valence-corrected chi connectivity index (χ3v) is 4.19. The largest absolute Gasteiger partial charge is 0.486 e. The highest BCUT2D eigenvalue weighted by Crippen LogP contribution is 2.32. The van der Waals surface area contributed by atoms with Gasteiger partial charge in [0.25, 0.3) is 0 Å². The molecule has 1 N–H and O–H groups in total. The summed E-state index contributed by atoms with van der Waals surface area (Å²) in [5, 5.41) is 7.97. The Morgan fingerprint density at radius 1 is 1.08 bits per heavy atom. The fraction of sp³-hybridized carbons (Fsp3) is 0.263. The van der Waals surface area contributed by atoms with Crippen LogP contribution in [0.25, 0.3) is 5.69 Å². The van der Waals surface area contributed by atoms with E-state index in [4.69, 9.17) is 9.47 Å². The van der Waals surface area contributed by atoms with Crippen LogP contribution in [0.4, 0.5) is 0 Å². The Kier molecular flexibility index (Phi) is 4.35. The van der Waals surface area contributed by atoms with Crippen molar-refractivity contribution in [2.75, 3.05) is 13.2 Å². The maximum atomic E-state index is 5.65. The molecule has 0 aliphatic carbocycles. The number of hydrogen-bond acceptors (Lipinski definition) is 5. The molecule has 1 atom stereocenters. The van der Waals surface area contributed by atoms with E-state index >= 15 is 0 Å². The van der Waals surface area contributed by atoms with Gasteiger partial charge in [0.15, 0.2) is 17.3 Å². The lowest BCUT2D eigenvalue weighted by molar-refractivity contribution is 0.171. The standard InChI is InChI=1S/C19H20N4O2/c1-14(15-7-8-17-18(11-15)25-10-9-24-17)20-12-19-21-13-23(22-19)16-5-3-2-4-6-16/h2-8,11,13-14,20H,9-10,12H2,1H3. The Morgan fingerprint density at radius 3 is 2.72 bits per heavy atom. The van der Waals surface area contributed by atoms with Gasteiger partial charge in [-0.3, -0.25) is 0 Å². The van der Waals surface area contributed by atoms with Crippen LogP contribution in [0.2, 0.25) is 0 Å². The third kappa shape index (κ3) is 3.49. The molecular formula is C19H20N4O2. The number of benzene rings is 2. The van der Waals surface area contributed by atoms with E-state index in [2.05, 4.69) is 28.4 Å². The molecule has 25 heavy (non-hydrogen) atoms. The minimum Gasteiger partial charge on any atom is -0.486 e. The fourth-order valence-electron chi connectivity index (χ4n) is 2.77. The molecule has 0 radical (unpaired) electrons. The summed E-state index contributed by atoms with van der Waals surface area (Å²) in [5.74, 6) is 2.38. The Bertz CT molecular complexity index is 848. The van der Waals surface area contributed by atoms with E-state index in [1.807, 2.05) is 42.5 Å². The molecule has 1 unspecified atom stereocenters. The molecular weight excluding hydrogens is 316 g/mol. The van der Waals surface area contributed by atoms with Gasteiger partial charge in [0.1, 0.15) is 19.5 Å². The molecule has 1 aromatic heterocycles. The molecule has 0 bridgehead atoms. The highest BCUT2D eigenvalue weighted by Gasteiger charge is 2.14. The summed E-state index contributed by atoms with van der Waals surface area (Å²) in [6.45, 7) is 3.91. The Morgan fingerprint density at radius 2 is 1.88 bits per heavy atom. The number of fused-ring (bicyclic) bond motifs is 1. The van der Waals surface area contributed by atoms with E-state index in [0.29, 0.717) is 19.8 Å². The first-order valence-electron chi connectivity index (χ1n) is 8.38. The van der Waals surface area contributed by atoms with E-state index in [-0.39, 0.29) is 6.04 Å². The Labute approximate surface area is 146 Å². The van der Waals surface area contributed by atoms with Crippen molar-refractivity contribution in [3.05, 3.63) is 66.2 Å². The zero-order chi connectivity index (χ0) is 17.1. The SMILES string of the molecule is CC(NCc1ncn(-c2ccccc2)n1)c1ccc2c(c1)OCCO2. The number of aromatic nitrogens is 3. The summed E-state index contributed by atoms with van der Waals surface area (Å²) in [6, 6.07) is 16.2.